The number of benzene rings is 1. The van der Waals surface area contributed by atoms with Gasteiger partial charge in [0.15, 0.2) is 0 Å². The number of nitrogens with two attached hydrogens (primary N) is 1. The highest BCUT2D eigenvalue weighted by Gasteiger charge is 2.00. The predicted octanol–water partition coefficient (Wildman–Crippen LogP) is 1.53. The minimum atomic E-state index is -0.0528. The summed E-state index contributed by atoms with van der Waals surface area (Å²) in [6, 6.07) is 7.89. The van der Waals surface area contributed by atoms with Crippen LogP contribution in [0.2, 0.25) is 0 Å². The Balaban J connectivity index is 2.73. The second-order valence-electron chi connectivity index (χ2n) is 3.56. The fourth-order valence-corrected chi connectivity index (χ4v) is 1.35. The Morgan fingerprint density at radius 2 is 2.29 bits per heavy atom. The maximum Gasteiger partial charge on any atom is 0.221 e. The summed E-state index contributed by atoms with van der Waals surface area (Å²) in [4.78, 5) is 10.8. The molecule has 0 heterocycles. The van der Waals surface area contributed by atoms with Gasteiger partial charge in [0.2, 0.25) is 5.91 Å². The van der Waals surface area contributed by atoms with E-state index in [2.05, 4.69) is 5.32 Å². The minimum Gasteiger partial charge on any atom is -0.328 e. The highest BCUT2D eigenvalue weighted by molar-refractivity contribution is 5.88. The number of carbonyl (C=O) groups excluding carboxylic acids is 1. The molecule has 1 amide bonds. The van der Waals surface area contributed by atoms with Gasteiger partial charge in [-0.05, 0) is 31.0 Å². The Morgan fingerprint density at radius 1 is 1.57 bits per heavy atom. The van der Waals surface area contributed by atoms with Crippen LogP contribution in [0, 0.1) is 0 Å². The third-order valence-corrected chi connectivity index (χ3v) is 1.81. The lowest BCUT2D eigenvalue weighted by Gasteiger charge is -2.07. The Bertz CT molecular complexity index is 321. The molecule has 14 heavy (non-hydrogen) atoms. The van der Waals surface area contributed by atoms with Crippen molar-refractivity contribution in [1.82, 2.24) is 0 Å². The van der Waals surface area contributed by atoms with E-state index in [1.54, 1.807) is 0 Å². The molecule has 0 aliphatic rings. The van der Waals surface area contributed by atoms with Crippen LogP contribution >= 0.6 is 0 Å². The molecule has 0 bridgehead atoms. The molecule has 76 valence electrons. The lowest BCUT2D eigenvalue weighted by atomic mass is 10.1. The van der Waals surface area contributed by atoms with Crippen LogP contribution in [0.1, 0.15) is 19.4 Å². The third kappa shape index (κ3) is 3.58. The summed E-state index contributed by atoms with van der Waals surface area (Å²) in [5.74, 6) is -0.0528. The van der Waals surface area contributed by atoms with Crippen molar-refractivity contribution < 1.29 is 4.79 Å². The van der Waals surface area contributed by atoms with Crippen LogP contribution in [-0.4, -0.2) is 11.9 Å². The van der Waals surface area contributed by atoms with Crippen LogP contribution in [0.5, 0.6) is 0 Å². The molecule has 1 atom stereocenters. The van der Waals surface area contributed by atoms with Crippen LogP contribution in [0.15, 0.2) is 24.3 Å². The molecule has 0 radical (unpaired) electrons. The van der Waals surface area contributed by atoms with E-state index in [-0.39, 0.29) is 11.9 Å². The van der Waals surface area contributed by atoms with E-state index in [0.29, 0.717) is 0 Å². The number of rotatable bonds is 3. The van der Waals surface area contributed by atoms with Crippen LogP contribution in [0.25, 0.3) is 0 Å². The summed E-state index contributed by atoms with van der Waals surface area (Å²) in [6.45, 7) is 3.46. The van der Waals surface area contributed by atoms with Crippen molar-refractivity contribution >= 4 is 11.6 Å². The fraction of sp³-hybridized carbons (Fsp3) is 0.364. The zero-order valence-electron chi connectivity index (χ0n) is 8.58. The van der Waals surface area contributed by atoms with Crippen LogP contribution in [0.4, 0.5) is 5.69 Å². The molecular formula is C11H16N2O. The van der Waals surface area contributed by atoms with E-state index in [1.165, 1.54) is 6.92 Å². The van der Waals surface area contributed by atoms with E-state index in [0.717, 1.165) is 17.7 Å². The van der Waals surface area contributed by atoms with Crippen molar-refractivity contribution in [2.75, 3.05) is 5.32 Å². The summed E-state index contributed by atoms with van der Waals surface area (Å²) in [5, 5.41) is 2.74. The lowest BCUT2D eigenvalue weighted by Crippen LogP contribution is -2.17. The van der Waals surface area contributed by atoms with E-state index < -0.39 is 0 Å². The Hall–Kier alpha value is -1.35. The van der Waals surface area contributed by atoms with Crippen molar-refractivity contribution in [2.45, 2.75) is 26.3 Å². The minimum absolute atomic E-state index is 0.0528. The number of hydrogen-bond acceptors (Lipinski definition) is 2. The molecule has 0 spiro atoms. The molecule has 1 aromatic rings. The predicted molar refractivity (Wildman–Crippen MR) is 58.1 cm³/mol. The summed E-state index contributed by atoms with van der Waals surface area (Å²) >= 11 is 0. The molecule has 1 rings (SSSR count). The number of hydrogen-bond donors (Lipinski definition) is 2. The molecule has 3 heteroatoms. The van der Waals surface area contributed by atoms with Gasteiger partial charge in [0.05, 0.1) is 0 Å². The molecule has 1 aromatic carbocycles. The van der Waals surface area contributed by atoms with Crippen molar-refractivity contribution in [2.24, 2.45) is 5.73 Å². The number of amides is 1. The standard InChI is InChI=1S/C11H16N2O/c1-8(12)6-10-4-3-5-11(7-10)13-9(2)14/h3-5,7-8H,6,12H2,1-2H3,(H,13,14). The van der Waals surface area contributed by atoms with Gasteiger partial charge in [-0.1, -0.05) is 12.1 Å². The Morgan fingerprint density at radius 3 is 2.86 bits per heavy atom. The molecule has 1 unspecified atom stereocenters. The first-order valence-corrected chi connectivity index (χ1v) is 4.70. The van der Waals surface area contributed by atoms with E-state index in [4.69, 9.17) is 5.73 Å². The van der Waals surface area contributed by atoms with E-state index >= 15 is 0 Å². The maximum atomic E-state index is 10.8. The summed E-state index contributed by atoms with van der Waals surface area (Å²) < 4.78 is 0. The van der Waals surface area contributed by atoms with Gasteiger partial charge in [0.1, 0.15) is 0 Å². The average Bonchev–Trinajstić information content (AvgIpc) is 2.01. The molecule has 0 fully saturated rings. The first kappa shape index (κ1) is 10.7. The first-order chi connectivity index (χ1) is 6.58. The molecule has 0 aromatic heterocycles. The highest BCUT2D eigenvalue weighted by atomic mass is 16.1. The number of carbonyl (C=O) groups is 1. The van der Waals surface area contributed by atoms with Gasteiger partial charge in [-0.3, -0.25) is 4.79 Å². The van der Waals surface area contributed by atoms with Crippen molar-refractivity contribution in [3.8, 4) is 0 Å². The third-order valence-electron chi connectivity index (χ3n) is 1.81. The molecule has 0 saturated heterocycles. The van der Waals surface area contributed by atoms with E-state index in [9.17, 15) is 4.79 Å². The number of anilines is 1. The highest BCUT2D eigenvalue weighted by Crippen LogP contribution is 2.11. The van der Waals surface area contributed by atoms with Gasteiger partial charge in [-0.2, -0.15) is 0 Å². The topological polar surface area (TPSA) is 55.1 Å². The van der Waals surface area contributed by atoms with Crippen molar-refractivity contribution in [1.29, 1.82) is 0 Å². The van der Waals surface area contributed by atoms with Gasteiger partial charge in [-0.15, -0.1) is 0 Å². The normalized spacial score (nSPS) is 12.2. The van der Waals surface area contributed by atoms with Gasteiger partial charge in [0.25, 0.3) is 0 Å². The second-order valence-corrected chi connectivity index (χ2v) is 3.56. The van der Waals surface area contributed by atoms with E-state index in [1.807, 2.05) is 31.2 Å². The van der Waals surface area contributed by atoms with Crippen LogP contribution < -0.4 is 11.1 Å². The van der Waals surface area contributed by atoms with Crippen LogP contribution in [0.3, 0.4) is 0 Å². The summed E-state index contributed by atoms with van der Waals surface area (Å²) in [6.07, 6.45) is 0.827. The molecule has 0 saturated carbocycles. The second kappa shape index (κ2) is 4.77. The smallest absolute Gasteiger partial charge is 0.221 e. The lowest BCUT2D eigenvalue weighted by molar-refractivity contribution is -0.114. The summed E-state index contributed by atoms with van der Waals surface area (Å²) in [5.41, 5.74) is 7.66. The first-order valence-electron chi connectivity index (χ1n) is 4.70. The quantitative estimate of drug-likeness (QED) is 0.763. The van der Waals surface area contributed by atoms with Gasteiger partial charge < -0.3 is 11.1 Å². The fourth-order valence-electron chi connectivity index (χ4n) is 1.35. The molecule has 3 nitrogen and oxygen atoms in total. The Labute approximate surface area is 84.3 Å². The Kier molecular flexibility index (Phi) is 3.65. The van der Waals surface area contributed by atoms with Crippen molar-refractivity contribution in [3.05, 3.63) is 29.8 Å². The van der Waals surface area contributed by atoms with Gasteiger partial charge in [0, 0.05) is 18.7 Å². The molecular weight excluding hydrogens is 176 g/mol. The zero-order chi connectivity index (χ0) is 10.6. The average molecular weight is 192 g/mol. The van der Waals surface area contributed by atoms with Crippen molar-refractivity contribution in [3.63, 3.8) is 0 Å². The maximum absolute atomic E-state index is 10.8. The number of nitrogens with one attached hydrogen (secondary N) is 1. The molecule has 3 N–H and O–H groups in total. The summed E-state index contributed by atoms with van der Waals surface area (Å²) in [7, 11) is 0. The van der Waals surface area contributed by atoms with Crippen LogP contribution in [-0.2, 0) is 11.2 Å². The largest absolute Gasteiger partial charge is 0.328 e. The molecule has 0 aliphatic heterocycles. The monoisotopic (exact) mass is 192 g/mol. The van der Waals surface area contributed by atoms with Gasteiger partial charge in [-0.25, -0.2) is 0 Å². The zero-order valence-corrected chi connectivity index (χ0v) is 8.58. The molecule has 0 aliphatic carbocycles. The SMILES string of the molecule is CC(=O)Nc1cccc(CC(C)N)c1. The van der Waals surface area contributed by atoms with Gasteiger partial charge >= 0.3 is 0 Å².